The van der Waals surface area contributed by atoms with E-state index in [2.05, 4.69) is 4.98 Å². The number of halogens is 1. The predicted molar refractivity (Wildman–Crippen MR) is 46.8 cm³/mol. The largest absolute Gasteiger partial charge is 0.478 e. The summed E-state index contributed by atoms with van der Waals surface area (Å²) in [6, 6.07) is 0. The number of nitrogens with zero attached hydrogens (tertiary/aromatic N) is 1. The molecule has 0 radical (unpaired) electrons. The number of hydrogen-bond donors (Lipinski definition) is 0. The van der Waals surface area contributed by atoms with Crippen LogP contribution in [-0.4, -0.2) is 12.1 Å². The molecule has 1 heterocycles. The number of rotatable bonds is 1. The first-order valence-electron chi connectivity index (χ1n) is 3.66. The van der Waals surface area contributed by atoms with E-state index in [1.165, 1.54) is 7.11 Å². The van der Waals surface area contributed by atoms with Crippen LogP contribution in [0.2, 0.25) is 5.22 Å². The molecule has 3 nitrogen and oxygen atoms in total. The molecule has 4 heteroatoms. The van der Waals surface area contributed by atoms with Crippen molar-refractivity contribution in [3.05, 3.63) is 11.1 Å². The first-order chi connectivity index (χ1) is 5.45. The fourth-order valence-corrected chi connectivity index (χ4v) is 0.927. The Morgan fingerprint density at radius 1 is 1.42 bits per heavy atom. The summed E-state index contributed by atoms with van der Waals surface area (Å²) in [6.45, 7) is 5.98. The number of hydrogen-bond acceptors (Lipinski definition) is 3. The molecule has 0 N–H and O–H groups in total. The van der Waals surface area contributed by atoms with Crippen molar-refractivity contribution in [1.29, 1.82) is 0 Å². The van der Waals surface area contributed by atoms with Gasteiger partial charge >= 0.3 is 0 Å². The molecule has 1 aromatic heterocycles. The van der Waals surface area contributed by atoms with Crippen LogP contribution in [0, 0.1) is 0 Å². The number of oxazole rings is 1. The molecule has 0 unspecified atom stereocenters. The van der Waals surface area contributed by atoms with Crippen molar-refractivity contribution in [2.24, 2.45) is 0 Å². The van der Waals surface area contributed by atoms with Gasteiger partial charge in [-0.15, -0.1) is 0 Å². The van der Waals surface area contributed by atoms with Crippen LogP contribution in [0.4, 0.5) is 0 Å². The summed E-state index contributed by atoms with van der Waals surface area (Å²) in [6.07, 6.45) is 0. The Hall–Kier alpha value is -0.700. The van der Waals surface area contributed by atoms with Crippen LogP contribution in [0.1, 0.15) is 26.7 Å². The van der Waals surface area contributed by atoms with Gasteiger partial charge in [0.25, 0.3) is 11.1 Å². The highest BCUT2D eigenvalue weighted by molar-refractivity contribution is 6.30. The zero-order valence-electron chi connectivity index (χ0n) is 7.64. The molecule has 0 aliphatic rings. The molecule has 0 saturated carbocycles. The van der Waals surface area contributed by atoms with Gasteiger partial charge in [-0.1, -0.05) is 20.8 Å². The highest BCUT2D eigenvalue weighted by Crippen LogP contribution is 2.30. The number of ether oxygens (including phenoxy) is 1. The van der Waals surface area contributed by atoms with Crippen molar-refractivity contribution in [1.82, 2.24) is 4.98 Å². The van der Waals surface area contributed by atoms with Gasteiger partial charge in [-0.05, 0) is 11.6 Å². The smallest absolute Gasteiger partial charge is 0.273 e. The first-order valence-corrected chi connectivity index (χ1v) is 4.03. The average molecular weight is 190 g/mol. The van der Waals surface area contributed by atoms with Crippen molar-refractivity contribution in [3.63, 3.8) is 0 Å². The van der Waals surface area contributed by atoms with Gasteiger partial charge in [0.15, 0.2) is 0 Å². The zero-order chi connectivity index (χ0) is 9.35. The molecule has 0 spiro atoms. The van der Waals surface area contributed by atoms with E-state index in [-0.39, 0.29) is 10.6 Å². The van der Waals surface area contributed by atoms with Crippen LogP contribution in [0.25, 0.3) is 0 Å². The Kier molecular flexibility index (Phi) is 2.33. The van der Waals surface area contributed by atoms with E-state index >= 15 is 0 Å². The normalized spacial score (nSPS) is 11.8. The molecule has 1 aromatic rings. The molecule has 0 amide bonds. The van der Waals surface area contributed by atoms with E-state index in [1.807, 2.05) is 20.8 Å². The van der Waals surface area contributed by atoms with E-state index < -0.39 is 0 Å². The van der Waals surface area contributed by atoms with Gasteiger partial charge in [-0.25, -0.2) is 0 Å². The van der Waals surface area contributed by atoms with E-state index in [9.17, 15) is 0 Å². The summed E-state index contributed by atoms with van der Waals surface area (Å²) >= 11 is 5.70. The quantitative estimate of drug-likeness (QED) is 0.681. The van der Waals surface area contributed by atoms with Crippen LogP contribution in [0.5, 0.6) is 5.88 Å². The Balaban J connectivity index is 3.05. The van der Waals surface area contributed by atoms with Crippen LogP contribution >= 0.6 is 11.6 Å². The molecule has 0 aliphatic carbocycles. The summed E-state index contributed by atoms with van der Waals surface area (Å²) in [5.41, 5.74) is -0.138. The van der Waals surface area contributed by atoms with Gasteiger partial charge in [-0.2, -0.15) is 4.98 Å². The van der Waals surface area contributed by atoms with Crippen LogP contribution in [0.3, 0.4) is 0 Å². The molecular weight excluding hydrogens is 178 g/mol. The molecule has 68 valence electrons. The summed E-state index contributed by atoms with van der Waals surface area (Å²) in [5.74, 6) is 0.936. The lowest BCUT2D eigenvalue weighted by molar-refractivity contribution is 0.392. The van der Waals surface area contributed by atoms with Crippen molar-refractivity contribution in [2.75, 3.05) is 7.11 Å². The molecule has 12 heavy (non-hydrogen) atoms. The maximum atomic E-state index is 5.70. The van der Waals surface area contributed by atoms with Crippen LogP contribution in [0.15, 0.2) is 4.42 Å². The Bertz CT molecular complexity index is 275. The van der Waals surface area contributed by atoms with Crippen LogP contribution < -0.4 is 4.74 Å². The van der Waals surface area contributed by atoms with Gasteiger partial charge in [0, 0.05) is 5.41 Å². The monoisotopic (exact) mass is 189 g/mol. The van der Waals surface area contributed by atoms with Crippen molar-refractivity contribution in [2.45, 2.75) is 26.2 Å². The molecule has 1 rings (SSSR count). The second kappa shape index (κ2) is 2.98. The molecule has 0 atom stereocenters. The van der Waals surface area contributed by atoms with E-state index in [0.29, 0.717) is 11.8 Å². The van der Waals surface area contributed by atoms with Gasteiger partial charge in [-0.3, -0.25) is 0 Å². The fraction of sp³-hybridized carbons (Fsp3) is 0.625. The molecule has 0 fully saturated rings. The third-order valence-corrected chi connectivity index (χ3v) is 1.63. The highest BCUT2D eigenvalue weighted by Gasteiger charge is 2.23. The minimum atomic E-state index is -0.138. The summed E-state index contributed by atoms with van der Waals surface area (Å²) in [4.78, 5) is 4.08. The second-order valence-electron chi connectivity index (χ2n) is 3.55. The van der Waals surface area contributed by atoms with Gasteiger partial charge < -0.3 is 9.15 Å². The van der Waals surface area contributed by atoms with Crippen molar-refractivity contribution in [3.8, 4) is 5.88 Å². The maximum Gasteiger partial charge on any atom is 0.273 e. The predicted octanol–water partition coefficient (Wildman–Crippen LogP) is 2.63. The zero-order valence-corrected chi connectivity index (χ0v) is 8.40. The topological polar surface area (TPSA) is 35.3 Å². The minimum Gasteiger partial charge on any atom is -0.478 e. The second-order valence-corrected chi connectivity index (χ2v) is 3.90. The molecule has 0 aromatic carbocycles. The van der Waals surface area contributed by atoms with Gasteiger partial charge in [0.2, 0.25) is 5.89 Å². The molecular formula is C8H12ClNO2. The Labute approximate surface area is 76.7 Å². The van der Waals surface area contributed by atoms with E-state index in [1.54, 1.807) is 0 Å². The fourth-order valence-electron chi connectivity index (χ4n) is 0.734. The minimum absolute atomic E-state index is 0.138. The van der Waals surface area contributed by atoms with E-state index in [4.69, 9.17) is 20.8 Å². The highest BCUT2D eigenvalue weighted by atomic mass is 35.5. The third kappa shape index (κ3) is 1.72. The van der Waals surface area contributed by atoms with Gasteiger partial charge in [0.05, 0.1) is 7.11 Å². The summed E-state index contributed by atoms with van der Waals surface area (Å²) in [7, 11) is 1.51. The first kappa shape index (κ1) is 9.39. The summed E-state index contributed by atoms with van der Waals surface area (Å²) in [5, 5.41) is 0.211. The number of aromatic nitrogens is 1. The van der Waals surface area contributed by atoms with Crippen molar-refractivity contribution >= 4 is 11.6 Å². The molecule has 0 saturated heterocycles. The van der Waals surface area contributed by atoms with Crippen LogP contribution in [-0.2, 0) is 5.41 Å². The lowest BCUT2D eigenvalue weighted by Gasteiger charge is -2.11. The summed E-state index contributed by atoms with van der Waals surface area (Å²) < 4.78 is 10.1. The van der Waals surface area contributed by atoms with Gasteiger partial charge in [0.1, 0.15) is 0 Å². The lowest BCUT2D eigenvalue weighted by atomic mass is 9.97. The number of methoxy groups -OCH3 is 1. The standard InChI is InChI=1S/C8H12ClNO2/c1-8(2,3)7-10-6(11-4)5(9)12-7/h1-4H3. The van der Waals surface area contributed by atoms with E-state index in [0.717, 1.165) is 0 Å². The third-order valence-electron chi connectivity index (χ3n) is 1.39. The molecule has 0 bridgehead atoms. The average Bonchev–Trinajstić information content (AvgIpc) is 2.29. The van der Waals surface area contributed by atoms with Crippen molar-refractivity contribution < 1.29 is 9.15 Å². The Morgan fingerprint density at radius 3 is 2.25 bits per heavy atom. The maximum absolute atomic E-state index is 5.70. The lowest BCUT2D eigenvalue weighted by Crippen LogP contribution is -2.11. The SMILES string of the molecule is COc1nc(C(C)(C)C)oc1Cl. The Morgan fingerprint density at radius 2 is 2.00 bits per heavy atom. The molecule has 0 aliphatic heterocycles.